The number of amides is 1. The minimum absolute atomic E-state index is 0.105. The van der Waals surface area contributed by atoms with E-state index in [1.54, 1.807) is 19.1 Å². The van der Waals surface area contributed by atoms with Gasteiger partial charge >= 0.3 is 5.97 Å². The zero-order valence-corrected chi connectivity index (χ0v) is 14.4. The smallest absolute Gasteiger partial charge is 0.326 e. The van der Waals surface area contributed by atoms with Crippen molar-refractivity contribution in [1.29, 1.82) is 0 Å². The van der Waals surface area contributed by atoms with Crippen LogP contribution in [0.25, 0.3) is 11.4 Å². The number of aliphatic carboxylic acids is 1. The second-order valence-electron chi connectivity index (χ2n) is 6.41. The van der Waals surface area contributed by atoms with Gasteiger partial charge in [0.25, 0.3) is 0 Å². The molecule has 1 atom stereocenters. The molecular formula is C18H20FN3O4. The Morgan fingerprint density at radius 2 is 2.19 bits per heavy atom. The minimum atomic E-state index is -0.968. The molecule has 1 fully saturated rings. The number of nitrogens with zero attached hydrogens (tertiary/aromatic N) is 3. The number of benzene rings is 1. The molecule has 0 saturated carbocycles. The minimum Gasteiger partial charge on any atom is -0.480 e. The Morgan fingerprint density at radius 3 is 2.92 bits per heavy atom. The number of piperidine rings is 1. The molecule has 1 N–H and O–H groups in total. The van der Waals surface area contributed by atoms with Crippen molar-refractivity contribution in [2.45, 2.75) is 45.1 Å². The van der Waals surface area contributed by atoms with Crippen molar-refractivity contribution in [1.82, 2.24) is 15.0 Å². The molecule has 2 aromatic rings. The van der Waals surface area contributed by atoms with Crippen LogP contribution in [0, 0.1) is 12.7 Å². The highest BCUT2D eigenvalue weighted by atomic mass is 19.1. The van der Waals surface area contributed by atoms with Gasteiger partial charge in [-0.1, -0.05) is 5.16 Å². The van der Waals surface area contributed by atoms with E-state index in [1.807, 2.05) is 0 Å². The van der Waals surface area contributed by atoms with Gasteiger partial charge in [0.05, 0.1) is 0 Å². The summed E-state index contributed by atoms with van der Waals surface area (Å²) in [5.74, 6) is -0.881. The number of halogens is 1. The SMILES string of the molecule is Cc1cc(-c2noc(CCC(=O)N3CCCC[C@@H]3C(=O)O)n2)ccc1F. The highest BCUT2D eigenvalue weighted by Gasteiger charge is 2.31. The summed E-state index contributed by atoms with van der Waals surface area (Å²) in [5, 5.41) is 13.1. The van der Waals surface area contributed by atoms with Crippen LogP contribution in [0.15, 0.2) is 22.7 Å². The van der Waals surface area contributed by atoms with Crippen LogP contribution >= 0.6 is 0 Å². The lowest BCUT2D eigenvalue weighted by Gasteiger charge is -2.32. The van der Waals surface area contributed by atoms with Crippen molar-refractivity contribution in [2.24, 2.45) is 0 Å². The van der Waals surface area contributed by atoms with Crippen molar-refractivity contribution < 1.29 is 23.6 Å². The van der Waals surface area contributed by atoms with Crippen LogP contribution < -0.4 is 0 Å². The largest absolute Gasteiger partial charge is 0.480 e. The maximum Gasteiger partial charge on any atom is 0.326 e. The molecule has 0 aliphatic carbocycles. The maximum atomic E-state index is 13.3. The van der Waals surface area contributed by atoms with Crippen LogP contribution in [0.4, 0.5) is 4.39 Å². The normalized spacial score (nSPS) is 17.3. The summed E-state index contributed by atoms with van der Waals surface area (Å²) in [6.07, 6.45) is 2.44. The van der Waals surface area contributed by atoms with Crippen LogP contribution in [-0.2, 0) is 16.0 Å². The Morgan fingerprint density at radius 1 is 1.38 bits per heavy atom. The van der Waals surface area contributed by atoms with Gasteiger partial charge in [-0.15, -0.1) is 0 Å². The average molecular weight is 361 g/mol. The molecule has 138 valence electrons. The zero-order valence-electron chi connectivity index (χ0n) is 14.4. The van der Waals surface area contributed by atoms with Crippen LogP contribution in [0.1, 0.15) is 37.1 Å². The summed E-state index contributed by atoms with van der Waals surface area (Å²) in [4.78, 5) is 29.3. The van der Waals surface area contributed by atoms with Gasteiger partial charge in [-0.2, -0.15) is 4.98 Å². The molecule has 1 aromatic carbocycles. The molecule has 26 heavy (non-hydrogen) atoms. The van der Waals surface area contributed by atoms with Crippen LogP contribution in [0.3, 0.4) is 0 Å². The Bertz CT molecular complexity index is 821. The van der Waals surface area contributed by atoms with Gasteiger partial charge in [-0.25, -0.2) is 9.18 Å². The number of carbonyl (C=O) groups is 2. The third-order valence-electron chi connectivity index (χ3n) is 4.55. The van der Waals surface area contributed by atoms with E-state index in [2.05, 4.69) is 10.1 Å². The molecule has 0 unspecified atom stereocenters. The van der Waals surface area contributed by atoms with Crippen molar-refractivity contribution >= 4 is 11.9 Å². The fraction of sp³-hybridized carbons (Fsp3) is 0.444. The summed E-state index contributed by atoms with van der Waals surface area (Å²) in [6, 6.07) is 3.77. The summed E-state index contributed by atoms with van der Waals surface area (Å²) in [7, 11) is 0. The Hall–Kier alpha value is -2.77. The van der Waals surface area contributed by atoms with Gasteiger partial charge in [-0.05, 0) is 49.9 Å². The Labute approximate surface area is 149 Å². The predicted octanol–water partition coefficient (Wildman–Crippen LogP) is 2.58. The maximum absolute atomic E-state index is 13.3. The number of carbonyl (C=O) groups excluding carboxylic acids is 1. The number of likely N-dealkylation sites (tertiary alicyclic amines) is 1. The van der Waals surface area contributed by atoms with E-state index >= 15 is 0 Å². The summed E-state index contributed by atoms with van der Waals surface area (Å²) < 4.78 is 18.5. The molecule has 0 radical (unpaired) electrons. The molecule has 1 aromatic heterocycles. The zero-order chi connectivity index (χ0) is 18.7. The molecule has 1 amide bonds. The molecule has 0 spiro atoms. The van der Waals surface area contributed by atoms with Crippen molar-refractivity contribution in [3.05, 3.63) is 35.5 Å². The van der Waals surface area contributed by atoms with Crippen LogP contribution in [-0.4, -0.2) is 44.6 Å². The Kier molecular flexibility index (Phi) is 5.29. The molecular weight excluding hydrogens is 341 g/mol. The fourth-order valence-electron chi connectivity index (χ4n) is 3.10. The summed E-state index contributed by atoms with van der Waals surface area (Å²) in [6.45, 7) is 2.11. The number of carboxylic acids is 1. The first-order chi connectivity index (χ1) is 12.5. The van der Waals surface area contributed by atoms with E-state index in [-0.39, 0.29) is 24.6 Å². The second kappa shape index (κ2) is 7.63. The predicted molar refractivity (Wildman–Crippen MR) is 89.7 cm³/mol. The molecule has 8 heteroatoms. The molecule has 1 saturated heterocycles. The number of aryl methyl sites for hydroxylation is 2. The first kappa shape index (κ1) is 18.0. The van der Waals surface area contributed by atoms with E-state index < -0.39 is 12.0 Å². The molecule has 7 nitrogen and oxygen atoms in total. The van der Waals surface area contributed by atoms with Crippen LogP contribution in [0.2, 0.25) is 0 Å². The van der Waals surface area contributed by atoms with E-state index in [0.29, 0.717) is 35.8 Å². The second-order valence-corrected chi connectivity index (χ2v) is 6.41. The first-order valence-electron chi connectivity index (χ1n) is 8.57. The molecule has 0 bridgehead atoms. The van der Waals surface area contributed by atoms with E-state index in [9.17, 15) is 19.1 Å². The Balaban J connectivity index is 1.63. The fourth-order valence-corrected chi connectivity index (χ4v) is 3.10. The summed E-state index contributed by atoms with van der Waals surface area (Å²) >= 11 is 0. The average Bonchev–Trinajstić information content (AvgIpc) is 3.11. The topological polar surface area (TPSA) is 96.5 Å². The van der Waals surface area contributed by atoms with Crippen molar-refractivity contribution in [3.63, 3.8) is 0 Å². The van der Waals surface area contributed by atoms with Crippen LogP contribution in [0.5, 0.6) is 0 Å². The monoisotopic (exact) mass is 361 g/mol. The van der Waals surface area contributed by atoms with Gasteiger partial charge in [0.1, 0.15) is 11.9 Å². The van der Waals surface area contributed by atoms with Gasteiger partial charge < -0.3 is 14.5 Å². The number of carboxylic acid groups (broad SMARTS) is 1. The lowest BCUT2D eigenvalue weighted by Crippen LogP contribution is -2.48. The van der Waals surface area contributed by atoms with Gasteiger partial charge in [0, 0.05) is 24.9 Å². The lowest BCUT2D eigenvalue weighted by molar-refractivity contribution is -0.152. The third-order valence-corrected chi connectivity index (χ3v) is 4.55. The van der Waals surface area contributed by atoms with E-state index in [0.717, 1.165) is 12.8 Å². The van der Waals surface area contributed by atoms with Gasteiger partial charge in [0.15, 0.2) is 0 Å². The highest BCUT2D eigenvalue weighted by Crippen LogP contribution is 2.21. The third kappa shape index (κ3) is 3.89. The molecule has 2 heterocycles. The number of hydrogen-bond acceptors (Lipinski definition) is 5. The number of rotatable bonds is 5. The molecule has 3 rings (SSSR count). The lowest BCUT2D eigenvalue weighted by atomic mass is 10.0. The van der Waals surface area contributed by atoms with Gasteiger partial charge in [-0.3, -0.25) is 4.79 Å². The van der Waals surface area contributed by atoms with E-state index in [4.69, 9.17) is 4.52 Å². The standard InChI is InChI=1S/C18H20FN3O4/c1-11-10-12(5-6-13(11)19)17-20-15(26-21-17)7-8-16(23)22-9-3-2-4-14(22)18(24)25/h5-6,10,14H,2-4,7-9H2,1H3,(H,24,25)/t14-/m1/s1. The number of hydrogen-bond donors (Lipinski definition) is 1. The van der Waals surface area contributed by atoms with Crippen molar-refractivity contribution in [2.75, 3.05) is 6.54 Å². The quantitative estimate of drug-likeness (QED) is 0.879. The van der Waals surface area contributed by atoms with E-state index in [1.165, 1.54) is 11.0 Å². The first-order valence-corrected chi connectivity index (χ1v) is 8.57. The number of aromatic nitrogens is 2. The highest BCUT2D eigenvalue weighted by molar-refractivity contribution is 5.84. The molecule has 1 aliphatic rings. The molecule has 1 aliphatic heterocycles. The van der Waals surface area contributed by atoms with Gasteiger partial charge in [0.2, 0.25) is 17.6 Å². The summed E-state index contributed by atoms with van der Waals surface area (Å²) in [5.41, 5.74) is 1.11. The van der Waals surface area contributed by atoms with Crippen molar-refractivity contribution in [3.8, 4) is 11.4 Å².